The van der Waals surface area contributed by atoms with Crippen LogP contribution in [0.25, 0.3) is 0 Å². The number of fused-ring (bicyclic) bond motifs is 1. The van der Waals surface area contributed by atoms with Crippen molar-refractivity contribution in [3.05, 3.63) is 0 Å². The Labute approximate surface area is 115 Å². The molecule has 3 N–H and O–H groups in total. The van der Waals surface area contributed by atoms with E-state index in [1.54, 1.807) is 0 Å². The molecule has 0 aromatic carbocycles. The normalized spacial score (nSPS) is 35.4. The number of hydrogen-bond acceptors (Lipinski definition) is 3. The highest BCUT2D eigenvalue weighted by Gasteiger charge is 2.50. The average molecular weight is 266 g/mol. The van der Waals surface area contributed by atoms with Crippen molar-refractivity contribution in [2.24, 2.45) is 17.6 Å². The van der Waals surface area contributed by atoms with Crippen LogP contribution in [0.1, 0.15) is 51.4 Å². The van der Waals surface area contributed by atoms with Crippen LogP contribution in [0, 0.1) is 11.8 Å². The van der Waals surface area contributed by atoms with Crippen LogP contribution >= 0.6 is 0 Å². The first kappa shape index (κ1) is 13.4. The number of nitrogens with two attached hydrogens (primary N) is 1. The van der Waals surface area contributed by atoms with E-state index in [4.69, 9.17) is 5.73 Å². The zero-order chi connectivity index (χ0) is 13.5. The van der Waals surface area contributed by atoms with Crippen LogP contribution in [0.4, 0.5) is 0 Å². The molecular formula is C15H26N2O2. The second-order valence-electron chi connectivity index (χ2n) is 6.84. The number of carboxylic acids is 1. The lowest BCUT2D eigenvalue weighted by Gasteiger charge is -2.46. The summed E-state index contributed by atoms with van der Waals surface area (Å²) in [5.41, 5.74) is 5.26. The Morgan fingerprint density at radius 2 is 1.84 bits per heavy atom. The lowest BCUT2D eigenvalue weighted by Crippen LogP contribution is -2.61. The van der Waals surface area contributed by atoms with Crippen LogP contribution in [0.3, 0.4) is 0 Å². The monoisotopic (exact) mass is 266 g/mol. The summed E-state index contributed by atoms with van der Waals surface area (Å²) in [4.78, 5) is 14.0. The van der Waals surface area contributed by atoms with Crippen LogP contribution in [0.15, 0.2) is 0 Å². The number of rotatable bonds is 4. The fourth-order valence-corrected chi connectivity index (χ4v) is 4.23. The number of aliphatic carboxylic acids is 1. The molecule has 0 aromatic rings. The Balaban J connectivity index is 1.71. The van der Waals surface area contributed by atoms with Crippen molar-refractivity contribution in [1.29, 1.82) is 0 Å². The first-order valence-corrected chi connectivity index (χ1v) is 7.87. The Kier molecular flexibility index (Phi) is 3.56. The molecule has 1 aliphatic heterocycles. The standard InChI is InChI=1S/C15H26N2O2/c16-15(14(18)19,12-7-8-12)10-17-9-3-5-11-4-1-2-6-13(11)17/h11-13H,1-10,16H2,(H,18,19)/t11-,13-,15?/m1/s1. The summed E-state index contributed by atoms with van der Waals surface area (Å²) in [6.45, 7) is 1.61. The van der Waals surface area contributed by atoms with Gasteiger partial charge in [-0.15, -0.1) is 0 Å². The zero-order valence-corrected chi connectivity index (χ0v) is 11.7. The summed E-state index contributed by atoms with van der Waals surface area (Å²) in [5, 5.41) is 9.52. The van der Waals surface area contributed by atoms with Crippen molar-refractivity contribution < 1.29 is 9.90 Å². The molecule has 1 heterocycles. The van der Waals surface area contributed by atoms with E-state index in [1.807, 2.05) is 0 Å². The summed E-state index contributed by atoms with van der Waals surface area (Å²) in [7, 11) is 0. The van der Waals surface area contributed by atoms with Gasteiger partial charge in [0, 0.05) is 12.6 Å². The van der Waals surface area contributed by atoms with Gasteiger partial charge in [0.1, 0.15) is 5.54 Å². The third kappa shape index (κ3) is 2.52. The molecule has 4 heteroatoms. The number of likely N-dealkylation sites (tertiary alicyclic amines) is 1. The van der Waals surface area contributed by atoms with Gasteiger partial charge in [-0.05, 0) is 56.9 Å². The van der Waals surface area contributed by atoms with E-state index in [0.717, 1.165) is 25.3 Å². The van der Waals surface area contributed by atoms with Gasteiger partial charge in [-0.25, -0.2) is 0 Å². The van der Waals surface area contributed by atoms with E-state index in [0.29, 0.717) is 12.6 Å². The summed E-state index contributed by atoms with van der Waals surface area (Å²) < 4.78 is 0. The second kappa shape index (κ2) is 5.06. The van der Waals surface area contributed by atoms with Crippen molar-refractivity contribution in [2.75, 3.05) is 13.1 Å². The number of carboxylic acid groups (broad SMARTS) is 1. The summed E-state index contributed by atoms with van der Waals surface area (Å²) in [5.74, 6) is 0.196. The smallest absolute Gasteiger partial charge is 0.325 e. The van der Waals surface area contributed by atoms with Crippen LogP contribution in [0.5, 0.6) is 0 Å². The SMILES string of the molecule is NC(CN1CCC[C@H]2CCCC[C@H]21)(C(=O)O)C1CC1. The first-order chi connectivity index (χ1) is 9.11. The topological polar surface area (TPSA) is 66.6 Å². The highest BCUT2D eigenvalue weighted by molar-refractivity contribution is 5.79. The molecule has 2 saturated carbocycles. The number of hydrogen-bond donors (Lipinski definition) is 2. The van der Waals surface area contributed by atoms with E-state index in [1.165, 1.54) is 38.5 Å². The van der Waals surface area contributed by atoms with Crippen molar-refractivity contribution in [1.82, 2.24) is 4.90 Å². The summed E-state index contributed by atoms with van der Waals surface area (Å²) >= 11 is 0. The van der Waals surface area contributed by atoms with Crippen LogP contribution in [-0.4, -0.2) is 40.6 Å². The van der Waals surface area contributed by atoms with E-state index < -0.39 is 11.5 Å². The Morgan fingerprint density at radius 1 is 1.16 bits per heavy atom. The van der Waals surface area contributed by atoms with Gasteiger partial charge in [0.25, 0.3) is 0 Å². The minimum absolute atomic E-state index is 0.203. The van der Waals surface area contributed by atoms with Crippen LogP contribution in [0.2, 0.25) is 0 Å². The fraction of sp³-hybridized carbons (Fsp3) is 0.933. The van der Waals surface area contributed by atoms with Crippen LogP contribution < -0.4 is 5.73 Å². The fourth-order valence-electron chi connectivity index (χ4n) is 4.23. The largest absolute Gasteiger partial charge is 0.480 e. The zero-order valence-electron chi connectivity index (χ0n) is 11.7. The molecule has 2 aliphatic carbocycles. The maximum atomic E-state index is 11.6. The van der Waals surface area contributed by atoms with Crippen molar-refractivity contribution >= 4 is 5.97 Å². The minimum atomic E-state index is -1.00. The highest BCUT2D eigenvalue weighted by Crippen LogP contribution is 2.41. The third-order valence-corrected chi connectivity index (χ3v) is 5.53. The maximum Gasteiger partial charge on any atom is 0.325 e. The Hall–Kier alpha value is -0.610. The molecular weight excluding hydrogens is 240 g/mol. The molecule has 3 fully saturated rings. The predicted octanol–water partition coefficient (Wildman–Crippen LogP) is 1.83. The van der Waals surface area contributed by atoms with Crippen molar-refractivity contribution in [3.8, 4) is 0 Å². The molecule has 1 unspecified atom stereocenters. The second-order valence-corrected chi connectivity index (χ2v) is 6.84. The molecule has 3 atom stereocenters. The lowest BCUT2D eigenvalue weighted by molar-refractivity contribution is -0.146. The van der Waals surface area contributed by atoms with Crippen molar-refractivity contribution in [2.45, 2.75) is 62.9 Å². The van der Waals surface area contributed by atoms with Gasteiger partial charge in [0.05, 0.1) is 0 Å². The predicted molar refractivity (Wildman–Crippen MR) is 73.8 cm³/mol. The molecule has 19 heavy (non-hydrogen) atoms. The molecule has 1 saturated heterocycles. The molecule has 0 amide bonds. The van der Waals surface area contributed by atoms with Crippen LogP contribution in [-0.2, 0) is 4.79 Å². The van der Waals surface area contributed by atoms with Gasteiger partial charge in [0.2, 0.25) is 0 Å². The lowest BCUT2D eigenvalue weighted by atomic mass is 9.77. The number of nitrogens with zero attached hydrogens (tertiary/aromatic N) is 1. The molecule has 0 bridgehead atoms. The van der Waals surface area contributed by atoms with Gasteiger partial charge in [-0.1, -0.05) is 12.8 Å². The molecule has 3 rings (SSSR count). The number of carbonyl (C=O) groups is 1. The van der Waals surface area contributed by atoms with Gasteiger partial charge in [-0.3, -0.25) is 9.69 Å². The molecule has 3 aliphatic rings. The number of piperidine rings is 1. The Morgan fingerprint density at radius 3 is 2.53 bits per heavy atom. The highest BCUT2D eigenvalue weighted by atomic mass is 16.4. The maximum absolute atomic E-state index is 11.6. The molecule has 0 radical (unpaired) electrons. The van der Waals surface area contributed by atoms with E-state index >= 15 is 0 Å². The van der Waals surface area contributed by atoms with E-state index in [9.17, 15) is 9.90 Å². The molecule has 108 valence electrons. The molecule has 4 nitrogen and oxygen atoms in total. The van der Waals surface area contributed by atoms with E-state index in [2.05, 4.69) is 4.90 Å². The van der Waals surface area contributed by atoms with Gasteiger partial charge < -0.3 is 10.8 Å². The minimum Gasteiger partial charge on any atom is -0.480 e. The van der Waals surface area contributed by atoms with Gasteiger partial charge in [0.15, 0.2) is 0 Å². The Bertz CT molecular complexity index is 354. The van der Waals surface area contributed by atoms with Crippen molar-refractivity contribution in [3.63, 3.8) is 0 Å². The molecule has 0 spiro atoms. The third-order valence-electron chi connectivity index (χ3n) is 5.53. The summed E-state index contributed by atoms with van der Waals surface area (Å²) in [6.07, 6.45) is 9.74. The van der Waals surface area contributed by atoms with Gasteiger partial charge >= 0.3 is 5.97 Å². The first-order valence-electron chi connectivity index (χ1n) is 7.87. The summed E-state index contributed by atoms with van der Waals surface area (Å²) in [6, 6.07) is 0.600. The molecule has 0 aromatic heterocycles. The quantitative estimate of drug-likeness (QED) is 0.814. The van der Waals surface area contributed by atoms with Gasteiger partial charge in [-0.2, -0.15) is 0 Å². The average Bonchev–Trinajstić information content (AvgIpc) is 3.23. The van der Waals surface area contributed by atoms with E-state index in [-0.39, 0.29) is 5.92 Å².